The van der Waals surface area contributed by atoms with Gasteiger partial charge >= 0.3 is 6.36 Å². The summed E-state index contributed by atoms with van der Waals surface area (Å²) in [7, 11) is 0. The van der Waals surface area contributed by atoms with Crippen molar-refractivity contribution in [1.29, 1.82) is 0 Å². The number of hydrogen-bond donors (Lipinski definition) is 2. The van der Waals surface area contributed by atoms with Crippen LogP contribution in [-0.2, 0) is 0 Å². The molecule has 118 valence electrons. The van der Waals surface area contributed by atoms with Crippen molar-refractivity contribution in [2.75, 3.05) is 32.8 Å². The zero-order valence-corrected chi connectivity index (χ0v) is 12.7. The summed E-state index contributed by atoms with van der Waals surface area (Å²) in [5, 5.41) is 12.8. The van der Waals surface area contributed by atoms with Crippen molar-refractivity contribution in [3.05, 3.63) is 28.2 Å². The van der Waals surface area contributed by atoms with Gasteiger partial charge in [-0.25, -0.2) is 0 Å². The third kappa shape index (κ3) is 4.57. The Labute approximate surface area is 129 Å². The molecule has 0 bridgehead atoms. The molecule has 1 fully saturated rings. The average molecular weight is 369 g/mol. The number of piperazine rings is 1. The molecule has 0 unspecified atom stereocenters. The van der Waals surface area contributed by atoms with E-state index in [2.05, 4.69) is 26.0 Å². The van der Waals surface area contributed by atoms with Crippen LogP contribution < -0.4 is 10.1 Å². The van der Waals surface area contributed by atoms with Crippen LogP contribution in [0.15, 0.2) is 22.7 Å². The van der Waals surface area contributed by atoms with Gasteiger partial charge in [-0.3, -0.25) is 4.90 Å². The van der Waals surface area contributed by atoms with Crippen LogP contribution in [0.25, 0.3) is 0 Å². The highest BCUT2D eigenvalue weighted by molar-refractivity contribution is 9.10. The minimum absolute atomic E-state index is 0.273. The second-order valence-corrected chi connectivity index (χ2v) is 5.63. The van der Waals surface area contributed by atoms with Gasteiger partial charge in [0, 0.05) is 36.2 Å². The fourth-order valence-electron chi connectivity index (χ4n) is 2.40. The molecular formula is C13H16BrF3N2O2. The van der Waals surface area contributed by atoms with E-state index in [1.165, 1.54) is 12.1 Å². The number of aliphatic hydroxyl groups excluding tert-OH is 1. The van der Waals surface area contributed by atoms with Crippen molar-refractivity contribution in [2.24, 2.45) is 0 Å². The van der Waals surface area contributed by atoms with Crippen molar-refractivity contribution >= 4 is 15.9 Å². The topological polar surface area (TPSA) is 44.7 Å². The molecule has 1 atom stereocenters. The highest BCUT2D eigenvalue weighted by Gasteiger charge is 2.34. The van der Waals surface area contributed by atoms with Gasteiger partial charge in [-0.15, -0.1) is 13.2 Å². The van der Waals surface area contributed by atoms with Gasteiger partial charge in [0.2, 0.25) is 0 Å². The number of ether oxygens (including phenoxy) is 1. The molecule has 1 aliphatic rings. The van der Waals surface area contributed by atoms with Gasteiger partial charge < -0.3 is 15.2 Å². The first-order valence-electron chi connectivity index (χ1n) is 6.51. The van der Waals surface area contributed by atoms with Gasteiger partial charge in [-0.2, -0.15) is 0 Å². The fourth-order valence-corrected chi connectivity index (χ4v) is 2.78. The summed E-state index contributed by atoms with van der Waals surface area (Å²) in [6, 6.07) is 3.78. The number of nitrogens with zero attached hydrogens (tertiary/aromatic N) is 1. The minimum Gasteiger partial charge on any atom is -0.405 e. The lowest BCUT2D eigenvalue weighted by molar-refractivity contribution is -0.275. The second kappa shape index (κ2) is 6.95. The summed E-state index contributed by atoms with van der Waals surface area (Å²) in [5.74, 6) is -0.275. The molecular weight excluding hydrogens is 353 g/mol. The largest absolute Gasteiger partial charge is 0.573 e. The predicted molar refractivity (Wildman–Crippen MR) is 75.1 cm³/mol. The molecule has 1 saturated heterocycles. The maximum atomic E-state index is 12.5. The van der Waals surface area contributed by atoms with E-state index < -0.39 is 12.4 Å². The fraction of sp³-hybridized carbons (Fsp3) is 0.538. The Morgan fingerprint density at radius 1 is 1.33 bits per heavy atom. The molecule has 2 rings (SSSR count). The summed E-state index contributed by atoms with van der Waals surface area (Å²) in [6.07, 6.45) is -4.76. The first-order valence-corrected chi connectivity index (χ1v) is 7.31. The van der Waals surface area contributed by atoms with Gasteiger partial charge in [0.05, 0.1) is 12.6 Å². The average Bonchev–Trinajstić information content (AvgIpc) is 2.42. The first kappa shape index (κ1) is 16.5. The van der Waals surface area contributed by atoms with Crippen LogP contribution >= 0.6 is 15.9 Å². The van der Waals surface area contributed by atoms with Crippen molar-refractivity contribution in [2.45, 2.75) is 12.4 Å². The van der Waals surface area contributed by atoms with Crippen LogP contribution in [0.3, 0.4) is 0 Å². The zero-order valence-electron chi connectivity index (χ0n) is 11.2. The van der Waals surface area contributed by atoms with E-state index in [0.29, 0.717) is 23.1 Å². The molecule has 21 heavy (non-hydrogen) atoms. The van der Waals surface area contributed by atoms with E-state index in [4.69, 9.17) is 0 Å². The van der Waals surface area contributed by atoms with Crippen molar-refractivity contribution < 1.29 is 23.0 Å². The molecule has 0 aliphatic carbocycles. The number of halogens is 4. The quantitative estimate of drug-likeness (QED) is 0.855. The van der Waals surface area contributed by atoms with E-state index in [0.717, 1.165) is 13.1 Å². The Balaban J connectivity index is 2.31. The zero-order chi connectivity index (χ0) is 15.5. The standard InChI is InChI=1S/C13H16BrF3N2O2/c14-9-1-2-12(21-13(15,16)17)10(7-9)11(8-20)19-5-3-18-4-6-19/h1-2,7,11,18,20H,3-6,8H2/t11-/m0/s1. The van der Waals surface area contributed by atoms with Gasteiger partial charge in [0.1, 0.15) is 5.75 Å². The van der Waals surface area contributed by atoms with Gasteiger partial charge in [0.15, 0.2) is 0 Å². The number of rotatable bonds is 4. The number of alkyl halides is 3. The lowest BCUT2D eigenvalue weighted by atomic mass is 10.0. The Hall–Kier alpha value is -0.830. The molecule has 0 radical (unpaired) electrons. The lowest BCUT2D eigenvalue weighted by Gasteiger charge is -2.34. The second-order valence-electron chi connectivity index (χ2n) is 4.71. The molecule has 0 spiro atoms. The SMILES string of the molecule is OC[C@@H](c1cc(Br)ccc1OC(F)(F)F)N1CCNCC1. The van der Waals surface area contributed by atoms with E-state index in [1.54, 1.807) is 6.07 Å². The molecule has 1 aliphatic heterocycles. The van der Waals surface area contributed by atoms with E-state index in [-0.39, 0.29) is 12.4 Å². The van der Waals surface area contributed by atoms with Crippen LogP contribution in [0.1, 0.15) is 11.6 Å². The smallest absolute Gasteiger partial charge is 0.405 e. The van der Waals surface area contributed by atoms with Gasteiger partial charge in [0.25, 0.3) is 0 Å². The molecule has 8 heteroatoms. The van der Waals surface area contributed by atoms with Crippen molar-refractivity contribution in [3.8, 4) is 5.75 Å². The summed E-state index contributed by atoms with van der Waals surface area (Å²) in [4.78, 5) is 1.95. The lowest BCUT2D eigenvalue weighted by Crippen LogP contribution is -2.46. The van der Waals surface area contributed by atoms with E-state index in [9.17, 15) is 18.3 Å². The number of hydrogen-bond acceptors (Lipinski definition) is 4. The maximum absolute atomic E-state index is 12.5. The Kier molecular flexibility index (Phi) is 5.48. The molecule has 0 amide bonds. The van der Waals surface area contributed by atoms with Crippen LogP contribution in [0, 0.1) is 0 Å². The van der Waals surface area contributed by atoms with Crippen LogP contribution in [-0.4, -0.2) is 49.2 Å². The van der Waals surface area contributed by atoms with Gasteiger partial charge in [-0.05, 0) is 18.2 Å². The van der Waals surface area contributed by atoms with Crippen LogP contribution in [0.4, 0.5) is 13.2 Å². The summed E-state index contributed by atoms with van der Waals surface area (Å²) in [6.45, 7) is 2.51. The third-order valence-corrected chi connectivity index (χ3v) is 3.82. The molecule has 0 saturated carbocycles. The Morgan fingerprint density at radius 2 is 2.00 bits per heavy atom. The number of aliphatic hydroxyl groups is 1. The Bertz CT molecular complexity index is 479. The van der Waals surface area contributed by atoms with Crippen LogP contribution in [0.5, 0.6) is 5.75 Å². The molecule has 0 aromatic heterocycles. The molecule has 1 heterocycles. The summed E-state index contributed by atoms with van der Waals surface area (Å²) >= 11 is 3.25. The molecule has 1 aromatic carbocycles. The van der Waals surface area contributed by atoms with E-state index in [1.807, 2.05) is 4.90 Å². The van der Waals surface area contributed by atoms with E-state index >= 15 is 0 Å². The molecule has 1 aromatic rings. The Morgan fingerprint density at radius 3 is 2.57 bits per heavy atom. The van der Waals surface area contributed by atoms with Crippen LogP contribution in [0.2, 0.25) is 0 Å². The summed E-state index contributed by atoms with van der Waals surface area (Å²) < 4.78 is 42.3. The normalized spacial score (nSPS) is 18.5. The first-order chi connectivity index (χ1) is 9.90. The van der Waals surface area contributed by atoms with Crippen molar-refractivity contribution in [3.63, 3.8) is 0 Å². The number of nitrogens with one attached hydrogen (secondary N) is 1. The minimum atomic E-state index is -4.76. The molecule has 4 nitrogen and oxygen atoms in total. The van der Waals surface area contributed by atoms with Gasteiger partial charge in [-0.1, -0.05) is 15.9 Å². The monoisotopic (exact) mass is 368 g/mol. The highest BCUT2D eigenvalue weighted by atomic mass is 79.9. The summed E-state index contributed by atoms with van der Waals surface area (Å²) in [5.41, 5.74) is 0.325. The van der Waals surface area contributed by atoms with Crippen molar-refractivity contribution in [1.82, 2.24) is 10.2 Å². The predicted octanol–water partition coefficient (Wildman–Crippen LogP) is 2.29. The highest BCUT2D eigenvalue weighted by Crippen LogP contribution is 2.35. The third-order valence-electron chi connectivity index (χ3n) is 3.32. The number of benzene rings is 1. The maximum Gasteiger partial charge on any atom is 0.573 e. The molecule has 2 N–H and O–H groups in total.